The summed E-state index contributed by atoms with van der Waals surface area (Å²) in [4.78, 5) is 12.3. The van der Waals surface area contributed by atoms with Crippen LogP contribution in [0, 0.1) is 19.7 Å². The number of nitrogens with zero attached hydrogens (tertiary/aromatic N) is 2. The SMILES string of the molecule is Cc1cc(C)n(C[C@@H](C)NC(=O)c2cc3cc(F)ccc3o2)n1. The summed E-state index contributed by atoms with van der Waals surface area (Å²) in [6, 6.07) is 7.58. The first-order valence-electron chi connectivity index (χ1n) is 7.43. The topological polar surface area (TPSA) is 60.1 Å². The van der Waals surface area contributed by atoms with Crippen LogP contribution in [-0.4, -0.2) is 21.7 Å². The third-order valence-electron chi connectivity index (χ3n) is 3.63. The largest absolute Gasteiger partial charge is 0.451 e. The normalized spacial score (nSPS) is 12.5. The minimum absolute atomic E-state index is 0.120. The molecule has 120 valence electrons. The van der Waals surface area contributed by atoms with E-state index in [1.165, 1.54) is 18.2 Å². The number of amides is 1. The van der Waals surface area contributed by atoms with E-state index in [9.17, 15) is 9.18 Å². The Morgan fingerprint density at radius 2 is 2.13 bits per heavy atom. The highest BCUT2D eigenvalue weighted by molar-refractivity contribution is 5.96. The van der Waals surface area contributed by atoms with Gasteiger partial charge in [-0.3, -0.25) is 9.48 Å². The van der Waals surface area contributed by atoms with Gasteiger partial charge >= 0.3 is 0 Å². The van der Waals surface area contributed by atoms with Crippen LogP contribution >= 0.6 is 0 Å². The van der Waals surface area contributed by atoms with Crippen LogP contribution in [-0.2, 0) is 6.54 Å². The average Bonchev–Trinajstić information content (AvgIpc) is 3.01. The lowest BCUT2D eigenvalue weighted by Gasteiger charge is -2.14. The first-order chi connectivity index (χ1) is 10.9. The van der Waals surface area contributed by atoms with E-state index in [4.69, 9.17) is 4.42 Å². The van der Waals surface area contributed by atoms with Crippen molar-refractivity contribution in [2.24, 2.45) is 0 Å². The molecule has 0 aliphatic rings. The molecule has 0 saturated carbocycles. The highest BCUT2D eigenvalue weighted by atomic mass is 19.1. The molecule has 1 atom stereocenters. The summed E-state index contributed by atoms with van der Waals surface area (Å²) in [5, 5.41) is 7.82. The van der Waals surface area contributed by atoms with Crippen LogP contribution in [0.1, 0.15) is 28.9 Å². The molecule has 1 amide bonds. The van der Waals surface area contributed by atoms with Gasteiger partial charge in [-0.25, -0.2) is 4.39 Å². The second-order valence-corrected chi connectivity index (χ2v) is 5.78. The molecule has 3 aromatic rings. The van der Waals surface area contributed by atoms with E-state index in [2.05, 4.69) is 10.4 Å². The van der Waals surface area contributed by atoms with Crippen molar-refractivity contribution in [2.45, 2.75) is 33.4 Å². The van der Waals surface area contributed by atoms with Crippen LogP contribution in [0.15, 0.2) is 34.7 Å². The molecule has 0 spiro atoms. The minimum Gasteiger partial charge on any atom is -0.451 e. The first-order valence-corrected chi connectivity index (χ1v) is 7.43. The first kappa shape index (κ1) is 15.3. The number of carbonyl (C=O) groups excluding carboxylic acids is 1. The molecule has 0 aliphatic heterocycles. The molecule has 0 saturated heterocycles. The molecular weight excluding hydrogens is 297 g/mol. The average molecular weight is 315 g/mol. The number of rotatable bonds is 4. The fraction of sp³-hybridized carbons (Fsp3) is 0.294. The molecule has 0 radical (unpaired) electrons. The lowest BCUT2D eigenvalue weighted by Crippen LogP contribution is -2.36. The van der Waals surface area contributed by atoms with Crippen molar-refractivity contribution in [1.82, 2.24) is 15.1 Å². The van der Waals surface area contributed by atoms with Gasteiger partial charge in [0.15, 0.2) is 5.76 Å². The lowest BCUT2D eigenvalue weighted by molar-refractivity contribution is 0.0910. The molecule has 3 rings (SSSR count). The zero-order valence-electron chi connectivity index (χ0n) is 13.3. The third-order valence-corrected chi connectivity index (χ3v) is 3.63. The Hall–Kier alpha value is -2.63. The van der Waals surface area contributed by atoms with E-state index in [1.54, 1.807) is 6.07 Å². The van der Waals surface area contributed by atoms with Gasteiger partial charge in [0.1, 0.15) is 11.4 Å². The predicted octanol–water partition coefficient (Wildman–Crippen LogP) is 3.20. The Labute approximate surface area is 133 Å². The van der Waals surface area contributed by atoms with Gasteiger partial charge in [-0.05, 0) is 51.1 Å². The Morgan fingerprint density at radius 3 is 2.83 bits per heavy atom. The number of halogens is 1. The molecule has 1 aromatic carbocycles. The number of nitrogens with one attached hydrogen (secondary N) is 1. The monoisotopic (exact) mass is 315 g/mol. The molecule has 5 nitrogen and oxygen atoms in total. The predicted molar refractivity (Wildman–Crippen MR) is 84.8 cm³/mol. The molecule has 2 aromatic heterocycles. The number of aromatic nitrogens is 2. The molecular formula is C17H18FN3O2. The summed E-state index contributed by atoms with van der Waals surface area (Å²) in [5.74, 6) is -0.510. The van der Waals surface area contributed by atoms with Crippen molar-refractivity contribution in [3.05, 3.63) is 53.3 Å². The maximum absolute atomic E-state index is 13.2. The molecule has 2 heterocycles. The van der Waals surface area contributed by atoms with Gasteiger partial charge in [-0.2, -0.15) is 5.10 Å². The molecule has 0 bridgehead atoms. The maximum Gasteiger partial charge on any atom is 0.287 e. The fourth-order valence-corrected chi connectivity index (χ4v) is 2.59. The number of fused-ring (bicyclic) bond motifs is 1. The van der Waals surface area contributed by atoms with E-state index in [0.29, 0.717) is 17.5 Å². The van der Waals surface area contributed by atoms with Crippen molar-refractivity contribution >= 4 is 16.9 Å². The summed E-state index contributed by atoms with van der Waals surface area (Å²) in [7, 11) is 0. The van der Waals surface area contributed by atoms with Gasteiger partial charge in [0.25, 0.3) is 5.91 Å². The number of carbonyl (C=O) groups is 1. The van der Waals surface area contributed by atoms with Gasteiger partial charge in [0, 0.05) is 17.1 Å². The smallest absolute Gasteiger partial charge is 0.287 e. The van der Waals surface area contributed by atoms with E-state index < -0.39 is 0 Å². The van der Waals surface area contributed by atoms with Crippen molar-refractivity contribution in [1.29, 1.82) is 0 Å². The summed E-state index contributed by atoms with van der Waals surface area (Å²) in [6.07, 6.45) is 0. The van der Waals surface area contributed by atoms with Crippen LogP contribution in [0.2, 0.25) is 0 Å². The van der Waals surface area contributed by atoms with Gasteiger partial charge in [-0.15, -0.1) is 0 Å². The zero-order valence-corrected chi connectivity index (χ0v) is 13.3. The number of aryl methyl sites for hydroxylation is 2. The maximum atomic E-state index is 13.2. The van der Waals surface area contributed by atoms with Crippen molar-refractivity contribution in [3.63, 3.8) is 0 Å². The number of hydrogen-bond acceptors (Lipinski definition) is 3. The molecule has 0 fully saturated rings. The van der Waals surface area contributed by atoms with Gasteiger partial charge in [0.2, 0.25) is 0 Å². The quantitative estimate of drug-likeness (QED) is 0.804. The highest BCUT2D eigenvalue weighted by Crippen LogP contribution is 2.20. The van der Waals surface area contributed by atoms with Crippen LogP contribution in [0.25, 0.3) is 11.0 Å². The number of benzene rings is 1. The van der Waals surface area contributed by atoms with Crippen molar-refractivity contribution < 1.29 is 13.6 Å². The Balaban J connectivity index is 1.71. The summed E-state index contributed by atoms with van der Waals surface area (Å²) < 4.78 is 20.5. The van der Waals surface area contributed by atoms with Crippen LogP contribution in [0.4, 0.5) is 4.39 Å². The van der Waals surface area contributed by atoms with Gasteiger partial charge in [-0.1, -0.05) is 0 Å². The van der Waals surface area contributed by atoms with Crippen LogP contribution in [0.5, 0.6) is 0 Å². The summed E-state index contributed by atoms with van der Waals surface area (Å²) >= 11 is 0. The van der Waals surface area contributed by atoms with E-state index in [0.717, 1.165) is 11.4 Å². The Bertz CT molecular complexity index is 866. The van der Waals surface area contributed by atoms with Crippen molar-refractivity contribution in [3.8, 4) is 0 Å². The summed E-state index contributed by atoms with van der Waals surface area (Å²) in [5.41, 5.74) is 2.48. The molecule has 6 heteroatoms. The van der Waals surface area contributed by atoms with Crippen LogP contribution in [0.3, 0.4) is 0 Å². The lowest BCUT2D eigenvalue weighted by atomic mass is 10.2. The summed E-state index contributed by atoms with van der Waals surface area (Å²) in [6.45, 7) is 6.37. The number of hydrogen-bond donors (Lipinski definition) is 1. The van der Waals surface area contributed by atoms with E-state index in [-0.39, 0.29) is 23.5 Å². The Morgan fingerprint density at radius 1 is 1.35 bits per heavy atom. The van der Waals surface area contributed by atoms with Crippen LogP contribution < -0.4 is 5.32 Å². The zero-order chi connectivity index (χ0) is 16.6. The standard InChI is InChI=1S/C17H18FN3O2/c1-10-6-12(3)21(20-10)9-11(2)19-17(22)16-8-13-7-14(18)4-5-15(13)23-16/h4-8,11H,9H2,1-3H3,(H,19,22)/t11-/m1/s1. The number of furan rings is 1. The van der Waals surface area contributed by atoms with E-state index in [1.807, 2.05) is 31.5 Å². The van der Waals surface area contributed by atoms with Crippen molar-refractivity contribution in [2.75, 3.05) is 0 Å². The highest BCUT2D eigenvalue weighted by Gasteiger charge is 2.16. The van der Waals surface area contributed by atoms with Gasteiger partial charge in [0.05, 0.1) is 12.2 Å². The second-order valence-electron chi connectivity index (χ2n) is 5.78. The second kappa shape index (κ2) is 5.87. The molecule has 23 heavy (non-hydrogen) atoms. The molecule has 1 N–H and O–H groups in total. The van der Waals surface area contributed by atoms with E-state index >= 15 is 0 Å². The fourth-order valence-electron chi connectivity index (χ4n) is 2.59. The molecule has 0 unspecified atom stereocenters. The van der Waals surface area contributed by atoms with Gasteiger partial charge < -0.3 is 9.73 Å². The minimum atomic E-state index is -0.358. The Kier molecular flexibility index (Phi) is 3.90. The molecule has 0 aliphatic carbocycles. The third kappa shape index (κ3) is 3.26.